The number of benzene rings is 1. The highest BCUT2D eigenvalue weighted by molar-refractivity contribution is 6.19. The fourth-order valence-corrected chi connectivity index (χ4v) is 4.21. The van der Waals surface area contributed by atoms with Gasteiger partial charge in [-0.3, -0.25) is 19.3 Å². The normalized spacial score (nSPS) is 30.7. The van der Waals surface area contributed by atoms with Gasteiger partial charge in [-0.15, -0.1) is 0 Å². The van der Waals surface area contributed by atoms with Gasteiger partial charge in [0.15, 0.2) is 5.78 Å². The highest BCUT2D eigenvalue weighted by Gasteiger charge is 2.73. The van der Waals surface area contributed by atoms with Crippen LogP contribution < -0.4 is 10.6 Å². The molecule has 0 bridgehead atoms. The van der Waals surface area contributed by atoms with Crippen LogP contribution in [0.25, 0.3) is 0 Å². The van der Waals surface area contributed by atoms with Gasteiger partial charge in [-0.1, -0.05) is 19.1 Å². The van der Waals surface area contributed by atoms with E-state index < -0.39 is 17.3 Å². The van der Waals surface area contributed by atoms with Crippen LogP contribution in [-0.2, 0) is 14.3 Å². The minimum absolute atomic E-state index is 0.134. The first-order valence-electron chi connectivity index (χ1n) is 9.06. The number of rotatable bonds is 4. The standard InChI is InChI=1S/C19H23N3O4/c1-19-14(17(24)20-6-7-22-8-10-26-11-9-22)15(19)18(25)21-13-5-3-2-4-12(13)16(19)23/h2-5,14-15H,6-11H2,1H3,(H,20,24)(H,21,25)/t14-,15-,19+/m0/s1. The minimum Gasteiger partial charge on any atom is -0.379 e. The molecule has 2 fully saturated rings. The van der Waals surface area contributed by atoms with Crippen molar-refractivity contribution in [2.24, 2.45) is 17.3 Å². The Hall–Kier alpha value is -2.25. The fraction of sp³-hybridized carbons (Fsp3) is 0.526. The number of fused-ring (bicyclic) bond motifs is 2. The van der Waals surface area contributed by atoms with Crippen molar-refractivity contribution in [3.05, 3.63) is 29.8 Å². The number of carbonyl (C=O) groups is 3. The second-order valence-electron chi connectivity index (χ2n) is 7.35. The van der Waals surface area contributed by atoms with Crippen LogP contribution in [0.1, 0.15) is 17.3 Å². The monoisotopic (exact) mass is 357 g/mol. The summed E-state index contributed by atoms with van der Waals surface area (Å²) in [7, 11) is 0. The number of hydrogen-bond donors (Lipinski definition) is 2. The predicted octanol–water partition coefficient (Wildman–Crippen LogP) is 0.522. The first-order chi connectivity index (χ1) is 12.5. The molecule has 1 aliphatic carbocycles. The zero-order valence-electron chi connectivity index (χ0n) is 14.8. The Balaban J connectivity index is 1.43. The van der Waals surface area contributed by atoms with E-state index in [2.05, 4.69) is 15.5 Å². The molecule has 0 spiro atoms. The highest BCUT2D eigenvalue weighted by atomic mass is 16.5. The van der Waals surface area contributed by atoms with Gasteiger partial charge in [0.05, 0.1) is 36.2 Å². The summed E-state index contributed by atoms with van der Waals surface area (Å²) in [6.07, 6.45) is 0. The van der Waals surface area contributed by atoms with Gasteiger partial charge in [0, 0.05) is 31.7 Å². The number of anilines is 1. The van der Waals surface area contributed by atoms with Crippen LogP contribution in [0.5, 0.6) is 0 Å². The number of ether oxygens (including phenoxy) is 1. The summed E-state index contributed by atoms with van der Waals surface area (Å²) >= 11 is 0. The number of morpholine rings is 1. The maximum absolute atomic E-state index is 13.0. The van der Waals surface area contributed by atoms with Gasteiger partial charge in [0.25, 0.3) is 0 Å². The van der Waals surface area contributed by atoms with E-state index in [4.69, 9.17) is 4.74 Å². The zero-order valence-corrected chi connectivity index (χ0v) is 14.8. The molecule has 2 N–H and O–H groups in total. The molecule has 0 aromatic heterocycles. The van der Waals surface area contributed by atoms with Gasteiger partial charge in [-0.25, -0.2) is 0 Å². The Morgan fingerprint density at radius 2 is 2.04 bits per heavy atom. The van der Waals surface area contributed by atoms with Crippen LogP contribution in [0.4, 0.5) is 5.69 Å². The largest absolute Gasteiger partial charge is 0.379 e. The summed E-state index contributed by atoms with van der Waals surface area (Å²) < 4.78 is 5.31. The maximum Gasteiger partial charge on any atom is 0.229 e. The molecule has 3 aliphatic rings. The molecule has 3 atom stereocenters. The molecule has 26 heavy (non-hydrogen) atoms. The lowest BCUT2D eigenvalue weighted by molar-refractivity contribution is -0.125. The lowest BCUT2D eigenvalue weighted by Crippen LogP contribution is -2.42. The quantitative estimate of drug-likeness (QED) is 0.820. The molecule has 138 valence electrons. The molecular weight excluding hydrogens is 334 g/mol. The molecule has 1 aromatic rings. The molecule has 7 nitrogen and oxygen atoms in total. The Morgan fingerprint density at radius 1 is 1.31 bits per heavy atom. The van der Waals surface area contributed by atoms with E-state index in [-0.39, 0.29) is 17.6 Å². The highest BCUT2D eigenvalue weighted by Crippen LogP contribution is 2.62. The first-order valence-corrected chi connectivity index (χ1v) is 9.06. The molecule has 2 aliphatic heterocycles. The van der Waals surface area contributed by atoms with Crippen molar-refractivity contribution in [2.45, 2.75) is 6.92 Å². The van der Waals surface area contributed by atoms with Gasteiger partial charge in [0.1, 0.15) is 0 Å². The molecular formula is C19H23N3O4. The number of nitrogens with one attached hydrogen (secondary N) is 2. The molecule has 2 amide bonds. The third-order valence-electron chi connectivity index (χ3n) is 5.83. The average molecular weight is 357 g/mol. The Bertz CT molecular complexity index is 759. The summed E-state index contributed by atoms with van der Waals surface area (Å²) in [4.78, 5) is 40.4. The smallest absolute Gasteiger partial charge is 0.229 e. The third kappa shape index (κ3) is 2.71. The van der Waals surface area contributed by atoms with Crippen LogP contribution >= 0.6 is 0 Å². The van der Waals surface area contributed by atoms with Crippen molar-refractivity contribution in [3.8, 4) is 0 Å². The number of carbonyl (C=O) groups excluding carboxylic acids is 3. The summed E-state index contributed by atoms with van der Waals surface area (Å²) in [5, 5.41) is 5.71. The van der Waals surface area contributed by atoms with E-state index in [1.54, 1.807) is 31.2 Å². The van der Waals surface area contributed by atoms with Crippen molar-refractivity contribution in [3.63, 3.8) is 0 Å². The van der Waals surface area contributed by atoms with Gasteiger partial charge in [-0.05, 0) is 12.1 Å². The molecule has 4 rings (SSSR count). The number of ketones is 1. The van der Waals surface area contributed by atoms with Crippen molar-refractivity contribution < 1.29 is 19.1 Å². The van der Waals surface area contributed by atoms with Crippen LogP contribution in [0.2, 0.25) is 0 Å². The third-order valence-corrected chi connectivity index (χ3v) is 5.83. The van der Waals surface area contributed by atoms with Crippen LogP contribution in [0.3, 0.4) is 0 Å². The number of amides is 2. The minimum atomic E-state index is -0.959. The molecule has 0 unspecified atom stereocenters. The summed E-state index contributed by atoms with van der Waals surface area (Å²) in [5.41, 5.74) is 0.0524. The SMILES string of the molecule is C[C@]12C(=O)c3ccccc3NC(=O)[C@@H]1[C@H]2C(=O)NCCN1CCOCC1. The Labute approximate surface area is 152 Å². The summed E-state index contributed by atoms with van der Waals surface area (Å²) in [6, 6.07) is 6.97. The number of nitrogens with zero attached hydrogens (tertiary/aromatic N) is 1. The van der Waals surface area contributed by atoms with E-state index in [1.165, 1.54) is 0 Å². The molecule has 1 saturated carbocycles. The second kappa shape index (κ2) is 6.48. The average Bonchev–Trinajstić information content (AvgIpc) is 3.30. The number of hydrogen-bond acceptors (Lipinski definition) is 5. The second-order valence-corrected chi connectivity index (χ2v) is 7.35. The molecule has 1 saturated heterocycles. The van der Waals surface area contributed by atoms with E-state index in [9.17, 15) is 14.4 Å². The Morgan fingerprint density at radius 3 is 2.81 bits per heavy atom. The zero-order chi connectivity index (χ0) is 18.3. The molecule has 2 heterocycles. The van der Waals surface area contributed by atoms with Crippen LogP contribution in [-0.4, -0.2) is 61.9 Å². The van der Waals surface area contributed by atoms with E-state index in [0.29, 0.717) is 31.0 Å². The van der Waals surface area contributed by atoms with E-state index in [0.717, 1.165) is 19.6 Å². The van der Waals surface area contributed by atoms with Gasteiger partial charge >= 0.3 is 0 Å². The predicted molar refractivity (Wildman–Crippen MR) is 94.8 cm³/mol. The summed E-state index contributed by atoms with van der Waals surface area (Å²) in [6.45, 7) is 6.12. The van der Waals surface area contributed by atoms with Gasteiger partial charge < -0.3 is 15.4 Å². The number of para-hydroxylation sites is 1. The van der Waals surface area contributed by atoms with Crippen molar-refractivity contribution in [2.75, 3.05) is 44.7 Å². The Kier molecular flexibility index (Phi) is 4.28. The fourth-order valence-electron chi connectivity index (χ4n) is 4.21. The topological polar surface area (TPSA) is 87.7 Å². The van der Waals surface area contributed by atoms with Crippen molar-refractivity contribution in [1.82, 2.24) is 10.2 Å². The number of Topliss-reactive ketones (excluding diaryl/α,β-unsaturated/α-hetero) is 1. The van der Waals surface area contributed by atoms with Crippen molar-refractivity contribution >= 4 is 23.3 Å². The summed E-state index contributed by atoms with van der Waals surface area (Å²) in [5.74, 6) is -1.81. The van der Waals surface area contributed by atoms with Crippen LogP contribution in [0.15, 0.2) is 24.3 Å². The van der Waals surface area contributed by atoms with Crippen LogP contribution in [0, 0.1) is 17.3 Å². The maximum atomic E-state index is 13.0. The first kappa shape index (κ1) is 17.2. The van der Waals surface area contributed by atoms with Gasteiger partial charge in [0.2, 0.25) is 11.8 Å². The molecule has 1 aromatic carbocycles. The molecule has 7 heteroatoms. The lowest BCUT2D eigenvalue weighted by atomic mass is 9.92. The van der Waals surface area contributed by atoms with Crippen molar-refractivity contribution in [1.29, 1.82) is 0 Å². The van der Waals surface area contributed by atoms with E-state index in [1.807, 2.05) is 0 Å². The lowest BCUT2D eigenvalue weighted by Gasteiger charge is -2.26. The van der Waals surface area contributed by atoms with E-state index >= 15 is 0 Å². The molecule has 0 radical (unpaired) electrons. The van der Waals surface area contributed by atoms with Gasteiger partial charge in [-0.2, -0.15) is 0 Å².